The SMILES string of the molecule is Cc1ccc(S(=O)(=O)NC2CC2)cc1-c1nc(C2(N)CCCC2)no1. The minimum absolute atomic E-state index is 0.0595. The third-order valence-electron chi connectivity index (χ3n) is 5.02. The Labute approximate surface area is 147 Å². The molecule has 1 aromatic heterocycles. The molecule has 0 radical (unpaired) electrons. The summed E-state index contributed by atoms with van der Waals surface area (Å²) < 4.78 is 33.0. The van der Waals surface area contributed by atoms with Crippen molar-refractivity contribution in [3.8, 4) is 11.5 Å². The summed E-state index contributed by atoms with van der Waals surface area (Å²) in [5, 5.41) is 4.06. The molecule has 0 saturated heterocycles. The zero-order valence-electron chi connectivity index (χ0n) is 14.2. The Morgan fingerprint density at radius 1 is 1.28 bits per heavy atom. The molecule has 3 N–H and O–H groups in total. The van der Waals surface area contributed by atoms with Crippen LogP contribution >= 0.6 is 0 Å². The van der Waals surface area contributed by atoms with Crippen molar-refractivity contribution in [2.24, 2.45) is 5.73 Å². The summed E-state index contributed by atoms with van der Waals surface area (Å²) in [7, 11) is -3.53. The topological polar surface area (TPSA) is 111 Å². The van der Waals surface area contributed by atoms with Crippen molar-refractivity contribution in [3.05, 3.63) is 29.6 Å². The Balaban J connectivity index is 1.68. The van der Waals surface area contributed by atoms with Crippen molar-refractivity contribution >= 4 is 10.0 Å². The van der Waals surface area contributed by atoms with Crippen molar-refractivity contribution in [1.82, 2.24) is 14.9 Å². The first-order valence-corrected chi connectivity index (χ1v) is 10.1. The van der Waals surface area contributed by atoms with Crippen LogP contribution in [0, 0.1) is 6.92 Å². The van der Waals surface area contributed by atoms with E-state index >= 15 is 0 Å². The lowest BCUT2D eigenvalue weighted by molar-refractivity contribution is 0.372. The molecule has 0 atom stereocenters. The lowest BCUT2D eigenvalue weighted by Gasteiger charge is -2.17. The molecule has 2 saturated carbocycles. The second-order valence-corrected chi connectivity index (χ2v) is 8.87. The standard InChI is InChI=1S/C17H22N4O3S/c1-11-4-7-13(25(22,23)21-12-5-6-12)10-14(11)15-19-16(20-24-15)17(18)8-2-3-9-17/h4,7,10,12,21H,2-3,5-6,8-9,18H2,1H3. The molecule has 2 aliphatic rings. The molecular formula is C17H22N4O3S. The Bertz CT molecular complexity index is 896. The monoisotopic (exact) mass is 362 g/mol. The second-order valence-electron chi connectivity index (χ2n) is 7.16. The highest BCUT2D eigenvalue weighted by molar-refractivity contribution is 7.89. The maximum Gasteiger partial charge on any atom is 0.258 e. The van der Waals surface area contributed by atoms with Crippen molar-refractivity contribution in [2.75, 3.05) is 0 Å². The molecule has 0 unspecified atom stereocenters. The molecule has 4 rings (SSSR count). The summed E-state index contributed by atoms with van der Waals surface area (Å²) in [5.74, 6) is 0.816. The predicted octanol–water partition coefficient (Wildman–Crippen LogP) is 2.21. The number of hydrogen-bond acceptors (Lipinski definition) is 6. The molecule has 8 heteroatoms. The molecule has 1 heterocycles. The highest BCUT2D eigenvalue weighted by Gasteiger charge is 2.36. The lowest BCUT2D eigenvalue weighted by atomic mass is 9.98. The molecule has 2 aromatic rings. The number of rotatable bonds is 5. The van der Waals surface area contributed by atoms with Gasteiger partial charge >= 0.3 is 0 Å². The van der Waals surface area contributed by atoms with Crippen LogP contribution in [0.3, 0.4) is 0 Å². The molecule has 0 bridgehead atoms. The Hall–Kier alpha value is -1.77. The van der Waals surface area contributed by atoms with Crippen molar-refractivity contribution < 1.29 is 12.9 Å². The fraction of sp³-hybridized carbons (Fsp3) is 0.529. The Kier molecular flexibility index (Phi) is 3.93. The molecular weight excluding hydrogens is 340 g/mol. The third kappa shape index (κ3) is 3.21. The van der Waals surface area contributed by atoms with Crippen molar-refractivity contribution in [3.63, 3.8) is 0 Å². The summed E-state index contributed by atoms with van der Waals surface area (Å²) in [6.45, 7) is 1.89. The van der Waals surface area contributed by atoms with Gasteiger partial charge in [0.2, 0.25) is 10.0 Å². The van der Waals surface area contributed by atoms with E-state index in [4.69, 9.17) is 10.3 Å². The van der Waals surface area contributed by atoms with E-state index in [1.807, 2.05) is 6.92 Å². The number of benzene rings is 1. The van der Waals surface area contributed by atoms with Crippen molar-refractivity contribution in [1.29, 1.82) is 0 Å². The van der Waals surface area contributed by atoms with E-state index in [9.17, 15) is 8.42 Å². The van der Waals surface area contributed by atoms with Gasteiger partial charge < -0.3 is 10.3 Å². The van der Waals surface area contributed by atoms with Crippen LogP contribution in [-0.2, 0) is 15.6 Å². The van der Waals surface area contributed by atoms with Crippen LogP contribution < -0.4 is 10.5 Å². The van der Waals surface area contributed by atoms with Gasteiger partial charge in [0, 0.05) is 11.6 Å². The molecule has 2 fully saturated rings. The van der Waals surface area contributed by atoms with Gasteiger partial charge in [0.15, 0.2) is 5.82 Å². The number of nitrogens with two attached hydrogens (primary N) is 1. The van der Waals surface area contributed by atoms with Crippen LogP contribution in [0.1, 0.15) is 49.9 Å². The van der Waals surface area contributed by atoms with E-state index in [-0.39, 0.29) is 10.9 Å². The fourth-order valence-corrected chi connectivity index (χ4v) is 4.58. The third-order valence-corrected chi connectivity index (χ3v) is 6.53. The van der Waals surface area contributed by atoms with Gasteiger partial charge in [-0.1, -0.05) is 24.1 Å². The molecule has 2 aliphatic carbocycles. The summed E-state index contributed by atoms with van der Waals surface area (Å²) in [4.78, 5) is 4.68. The largest absolute Gasteiger partial charge is 0.334 e. The number of nitrogens with zero attached hydrogens (tertiary/aromatic N) is 2. The summed E-state index contributed by atoms with van der Waals surface area (Å²) in [6.07, 6.45) is 5.57. The van der Waals surface area contributed by atoms with E-state index in [1.54, 1.807) is 18.2 Å². The van der Waals surface area contributed by atoms with Crippen LogP contribution in [0.25, 0.3) is 11.5 Å². The quantitative estimate of drug-likeness (QED) is 0.843. The first kappa shape index (κ1) is 16.7. The Morgan fingerprint density at radius 3 is 2.68 bits per heavy atom. The number of nitrogens with one attached hydrogen (secondary N) is 1. The highest BCUT2D eigenvalue weighted by atomic mass is 32.2. The zero-order chi connectivity index (χ0) is 17.7. The van der Waals surface area contributed by atoms with Gasteiger partial charge in [0.25, 0.3) is 5.89 Å². The maximum absolute atomic E-state index is 12.4. The lowest BCUT2D eigenvalue weighted by Crippen LogP contribution is -2.34. The Morgan fingerprint density at radius 2 is 2.00 bits per heavy atom. The number of sulfonamides is 1. The predicted molar refractivity (Wildman–Crippen MR) is 92.1 cm³/mol. The van der Waals surface area contributed by atoms with Crippen LogP contribution in [0.5, 0.6) is 0 Å². The maximum atomic E-state index is 12.4. The van der Waals surface area contributed by atoms with E-state index in [0.717, 1.165) is 44.1 Å². The van der Waals surface area contributed by atoms with Gasteiger partial charge in [-0.15, -0.1) is 0 Å². The average Bonchev–Trinajstić information content (AvgIpc) is 3.06. The number of hydrogen-bond donors (Lipinski definition) is 2. The fourth-order valence-electron chi connectivity index (χ4n) is 3.25. The van der Waals surface area contributed by atoms with Gasteiger partial charge in [0.1, 0.15) is 0 Å². The number of aryl methyl sites for hydroxylation is 1. The van der Waals surface area contributed by atoms with Crippen molar-refractivity contribution in [2.45, 2.75) is 61.9 Å². The normalized spacial score (nSPS) is 20.1. The smallest absolute Gasteiger partial charge is 0.258 e. The molecule has 0 spiro atoms. The van der Waals surface area contributed by atoms with Gasteiger partial charge in [0.05, 0.1) is 10.4 Å². The van der Waals surface area contributed by atoms with Crippen LogP contribution in [0.15, 0.2) is 27.6 Å². The highest BCUT2D eigenvalue weighted by Crippen LogP contribution is 2.36. The zero-order valence-corrected chi connectivity index (χ0v) is 15.0. The average molecular weight is 362 g/mol. The molecule has 0 aliphatic heterocycles. The molecule has 0 amide bonds. The summed E-state index contributed by atoms with van der Waals surface area (Å²) in [6, 6.07) is 5.01. The van der Waals surface area contributed by atoms with Crippen LogP contribution in [0.2, 0.25) is 0 Å². The van der Waals surface area contributed by atoms with Crippen LogP contribution in [-0.4, -0.2) is 24.6 Å². The van der Waals surface area contributed by atoms with Gasteiger partial charge in [-0.05, 0) is 50.3 Å². The van der Waals surface area contributed by atoms with E-state index in [1.165, 1.54) is 0 Å². The first-order chi connectivity index (χ1) is 11.9. The molecule has 134 valence electrons. The minimum Gasteiger partial charge on any atom is -0.334 e. The van der Waals surface area contributed by atoms with Gasteiger partial charge in [-0.2, -0.15) is 4.98 Å². The van der Waals surface area contributed by atoms with E-state index < -0.39 is 15.6 Å². The second kappa shape index (κ2) is 5.89. The molecule has 7 nitrogen and oxygen atoms in total. The summed E-state index contributed by atoms with van der Waals surface area (Å²) >= 11 is 0. The van der Waals surface area contributed by atoms with E-state index in [0.29, 0.717) is 17.3 Å². The molecule has 25 heavy (non-hydrogen) atoms. The van der Waals surface area contributed by atoms with E-state index in [2.05, 4.69) is 14.9 Å². The number of aromatic nitrogens is 2. The molecule has 1 aromatic carbocycles. The van der Waals surface area contributed by atoms with Gasteiger partial charge in [-0.3, -0.25) is 0 Å². The van der Waals surface area contributed by atoms with Gasteiger partial charge in [-0.25, -0.2) is 13.1 Å². The minimum atomic E-state index is -3.53. The van der Waals surface area contributed by atoms with Crippen LogP contribution in [0.4, 0.5) is 0 Å². The first-order valence-electron chi connectivity index (χ1n) is 8.64. The summed E-state index contributed by atoms with van der Waals surface area (Å²) in [5.41, 5.74) is 7.34.